The molecule has 0 bridgehead atoms. The van der Waals surface area contributed by atoms with Crippen molar-refractivity contribution in [2.75, 3.05) is 13.1 Å². The number of thiazole rings is 1. The lowest BCUT2D eigenvalue weighted by Gasteiger charge is -2.32. The number of likely N-dealkylation sites (tertiary alicyclic amines) is 1. The monoisotopic (exact) mass is 409 g/mol. The highest BCUT2D eigenvalue weighted by atomic mass is 35.5. The van der Waals surface area contributed by atoms with E-state index in [9.17, 15) is 14.0 Å². The number of benzene rings is 1. The molecule has 3 rings (SSSR count). The van der Waals surface area contributed by atoms with E-state index in [1.807, 2.05) is 5.38 Å². The molecule has 144 valence electrons. The lowest BCUT2D eigenvalue weighted by Crippen LogP contribution is -2.39. The van der Waals surface area contributed by atoms with Crippen LogP contribution < -0.4 is 5.32 Å². The number of halogens is 2. The van der Waals surface area contributed by atoms with Gasteiger partial charge in [0.1, 0.15) is 5.82 Å². The topological polar surface area (TPSA) is 62.3 Å². The summed E-state index contributed by atoms with van der Waals surface area (Å²) in [6.07, 6.45) is 2.24. The van der Waals surface area contributed by atoms with Crippen LogP contribution in [0.3, 0.4) is 0 Å². The molecule has 2 aromatic rings. The number of carbonyl (C=O) groups excluding carboxylic acids is 2. The first-order valence-corrected chi connectivity index (χ1v) is 10.2. The molecule has 0 aliphatic carbocycles. The third-order valence-electron chi connectivity index (χ3n) is 4.57. The van der Waals surface area contributed by atoms with E-state index in [0.717, 1.165) is 23.5 Å². The average Bonchev–Trinajstić information content (AvgIpc) is 3.16. The standard InChI is InChI=1S/C19H21ClFN3O2S/c1-2-17(25)22-9-14-11-27-18(23-14)12-4-3-7-24(10-12)19(26)15-8-13(21)5-6-16(15)20/h5-6,8,11-12H,2-4,7,9-10H2,1H3,(H,22,25)/t12-/m1/s1. The number of piperidine rings is 1. The van der Waals surface area contributed by atoms with Gasteiger partial charge in [0.15, 0.2) is 0 Å². The van der Waals surface area contributed by atoms with E-state index in [1.54, 1.807) is 23.2 Å². The van der Waals surface area contributed by atoms with Crippen LogP contribution in [0.1, 0.15) is 53.2 Å². The summed E-state index contributed by atoms with van der Waals surface area (Å²) in [4.78, 5) is 30.5. The summed E-state index contributed by atoms with van der Waals surface area (Å²) in [5.41, 5.74) is 1.02. The molecule has 0 spiro atoms. The van der Waals surface area contributed by atoms with E-state index >= 15 is 0 Å². The highest BCUT2D eigenvalue weighted by Crippen LogP contribution is 2.31. The average molecular weight is 410 g/mol. The fourth-order valence-corrected chi connectivity index (χ4v) is 4.25. The van der Waals surface area contributed by atoms with Crippen LogP contribution in [-0.2, 0) is 11.3 Å². The van der Waals surface area contributed by atoms with Crippen molar-refractivity contribution >= 4 is 34.8 Å². The maximum absolute atomic E-state index is 13.5. The zero-order valence-electron chi connectivity index (χ0n) is 15.0. The number of hydrogen-bond donors (Lipinski definition) is 1. The number of carbonyl (C=O) groups is 2. The molecule has 0 unspecified atom stereocenters. The molecule has 1 N–H and O–H groups in total. The molecular formula is C19H21ClFN3O2S. The van der Waals surface area contributed by atoms with Crippen molar-refractivity contribution in [3.8, 4) is 0 Å². The van der Waals surface area contributed by atoms with Gasteiger partial charge in [0.25, 0.3) is 5.91 Å². The Morgan fingerprint density at radius 1 is 1.44 bits per heavy atom. The van der Waals surface area contributed by atoms with Crippen molar-refractivity contribution in [1.82, 2.24) is 15.2 Å². The van der Waals surface area contributed by atoms with E-state index in [4.69, 9.17) is 11.6 Å². The molecule has 0 radical (unpaired) electrons. The van der Waals surface area contributed by atoms with Crippen LogP contribution in [0.15, 0.2) is 23.6 Å². The zero-order chi connectivity index (χ0) is 19.4. The van der Waals surface area contributed by atoms with Crippen LogP contribution in [0.25, 0.3) is 0 Å². The fourth-order valence-electron chi connectivity index (χ4n) is 3.10. The molecule has 1 atom stereocenters. The van der Waals surface area contributed by atoms with Crippen molar-refractivity contribution in [3.05, 3.63) is 50.7 Å². The Balaban J connectivity index is 1.67. The van der Waals surface area contributed by atoms with Crippen LogP contribution >= 0.6 is 22.9 Å². The van der Waals surface area contributed by atoms with Gasteiger partial charge in [-0.25, -0.2) is 9.37 Å². The molecule has 5 nitrogen and oxygen atoms in total. The van der Waals surface area contributed by atoms with Crippen molar-refractivity contribution in [2.24, 2.45) is 0 Å². The summed E-state index contributed by atoms with van der Waals surface area (Å²) in [6, 6.07) is 3.84. The van der Waals surface area contributed by atoms with Crippen LogP contribution in [0.5, 0.6) is 0 Å². The first-order valence-electron chi connectivity index (χ1n) is 8.93. The Labute approximate surface area is 166 Å². The second-order valence-electron chi connectivity index (χ2n) is 6.52. The second-order valence-corrected chi connectivity index (χ2v) is 7.82. The molecule has 27 heavy (non-hydrogen) atoms. The highest BCUT2D eigenvalue weighted by Gasteiger charge is 2.28. The maximum atomic E-state index is 13.5. The minimum atomic E-state index is -0.477. The largest absolute Gasteiger partial charge is 0.350 e. The summed E-state index contributed by atoms with van der Waals surface area (Å²) in [5, 5.41) is 5.97. The molecule has 8 heteroatoms. The molecule has 1 aliphatic rings. The summed E-state index contributed by atoms with van der Waals surface area (Å²) < 4.78 is 13.5. The van der Waals surface area contributed by atoms with E-state index in [-0.39, 0.29) is 28.3 Å². The number of nitrogens with one attached hydrogen (secondary N) is 1. The predicted molar refractivity (Wildman–Crippen MR) is 104 cm³/mol. The molecular weight excluding hydrogens is 389 g/mol. The molecule has 2 amide bonds. The summed E-state index contributed by atoms with van der Waals surface area (Å²) in [7, 11) is 0. The van der Waals surface area contributed by atoms with Crippen LogP contribution in [0.4, 0.5) is 4.39 Å². The molecule has 0 saturated carbocycles. The Morgan fingerprint density at radius 2 is 2.26 bits per heavy atom. The molecule has 1 fully saturated rings. The highest BCUT2D eigenvalue weighted by molar-refractivity contribution is 7.09. The first-order chi connectivity index (χ1) is 13.0. The SMILES string of the molecule is CCC(=O)NCc1csc([C@@H]2CCCN(C(=O)c3cc(F)ccc3Cl)C2)n1. The van der Waals surface area contributed by atoms with Crippen LogP contribution in [0.2, 0.25) is 5.02 Å². The van der Waals surface area contributed by atoms with Gasteiger partial charge in [-0.1, -0.05) is 18.5 Å². The third kappa shape index (κ3) is 4.84. The maximum Gasteiger partial charge on any atom is 0.255 e. The first kappa shape index (κ1) is 19.8. The Morgan fingerprint density at radius 3 is 3.04 bits per heavy atom. The number of aromatic nitrogens is 1. The van der Waals surface area contributed by atoms with E-state index in [1.165, 1.54) is 18.2 Å². The second kappa shape index (κ2) is 8.80. The Kier molecular flexibility index (Phi) is 6.44. The van der Waals surface area contributed by atoms with Gasteiger partial charge in [0.2, 0.25) is 5.91 Å². The number of rotatable bonds is 5. The van der Waals surface area contributed by atoms with Crippen molar-refractivity contribution < 1.29 is 14.0 Å². The summed E-state index contributed by atoms with van der Waals surface area (Å²) >= 11 is 7.62. The fraction of sp³-hybridized carbons (Fsp3) is 0.421. The summed E-state index contributed by atoms with van der Waals surface area (Å²) in [6.45, 7) is 3.37. The van der Waals surface area contributed by atoms with Crippen molar-refractivity contribution in [2.45, 2.75) is 38.6 Å². The molecule has 1 saturated heterocycles. The molecule has 1 aromatic heterocycles. The lowest BCUT2D eigenvalue weighted by molar-refractivity contribution is -0.120. The smallest absolute Gasteiger partial charge is 0.255 e. The van der Waals surface area contributed by atoms with E-state index in [2.05, 4.69) is 10.3 Å². The number of hydrogen-bond acceptors (Lipinski definition) is 4. The van der Waals surface area contributed by atoms with Gasteiger partial charge >= 0.3 is 0 Å². The van der Waals surface area contributed by atoms with Gasteiger partial charge < -0.3 is 10.2 Å². The van der Waals surface area contributed by atoms with Gasteiger partial charge in [-0.3, -0.25) is 9.59 Å². The van der Waals surface area contributed by atoms with Gasteiger partial charge in [-0.05, 0) is 31.0 Å². The Hall–Kier alpha value is -1.99. The minimum Gasteiger partial charge on any atom is -0.350 e. The zero-order valence-corrected chi connectivity index (χ0v) is 16.6. The lowest BCUT2D eigenvalue weighted by atomic mass is 9.98. The van der Waals surface area contributed by atoms with Gasteiger partial charge in [0, 0.05) is 30.8 Å². The van der Waals surface area contributed by atoms with Gasteiger partial charge in [-0.2, -0.15) is 0 Å². The number of nitrogens with zero attached hydrogens (tertiary/aromatic N) is 2. The third-order valence-corrected chi connectivity index (χ3v) is 5.96. The van der Waals surface area contributed by atoms with Crippen molar-refractivity contribution in [1.29, 1.82) is 0 Å². The molecule has 1 aliphatic heterocycles. The van der Waals surface area contributed by atoms with Gasteiger partial charge in [0.05, 0.1) is 27.8 Å². The van der Waals surface area contributed by atoms with Crippen LogP contribution in [0, 0.1) is 5.82 Å². The van der Waals surface area contributed by atoms with Crippen molar-refractivity contribution in [3.63, 3.8) is 0 Å². The van der Waals surface area contributed by atoms with E-state index in [0.29, 0.717) is 26.1 Å². The van der Waals surface area contributed by atoms with E-state index < -0.39 is 5.82 Å². The number of amides is 2. The molecule has 2 heterocycles. The van der Waals surface area contributed by atoms with Gasteiger partial charge in [-0.15, -0.1) is 11.3 Å². The summed E-state index contributed by atoms with van der Waals surface area (Å²) in [5.74, 6) is -0.604. The quantitative estimate of drug-likeness (QED) is 0.812. The normalized spacial score (nSPS) is 17.0. The predicted octanol–water partition coefficient (Wildman–Crippen LogP) is 3.98. The molecule has 1 aromatic carbocycles. The Bertz CT molecular complexity index is 842. The van der Waals surface area contributed by atoms with Crippen LogP contribution in [-0.4, -0.2) is 34.8 Å². The minimum absolute atomic E-state index is 0.00837.